The highest BCUT2D eigenvalue weighted by molar-refractivity contribution is 5.68. The molecule has 3 aromatic rings. The zero-order valence-corrected chi connectivity index (χ0v) is 12.3. The zero-order valence-electron chi connectivity index (χ0n) is 12.3. The third-order valence-electron chi connectivity index (χ3n) is 3.18. The van der Waals surface area contributed by atoms with Gasteiger partial charge in [0.1, 0.15) is 12.4 Å². The maximum absolute atomic E-state index is 5.93. The summed E-state index contributed by atoms with van der Waals surface area (Å²) in [7, 11) is 1.57. The topological polar surface area (TPSA) is 100.0 Å². The second kappa shape index (κ2) is 5.90. The van der Waals surface area contributed by atoms with Crippen molar-refractivity contribution in [3.8, 4) is 22.8 Å². The number of nitrogens with zero attached hydrogens (tertiary/aromatic N) is 4. The fourth-order valence-corrected chi connectivity index (χ4v) is 2.06. The number of aryl methyl sites for hydroxylation is 1. The molecular weight excluding hydrogens is 282 g/mol. The van der Waals surface area contributed by atoms with Crippen LogP contribution in [0.3, 0.4) is 0 Å². The molecule has 112 valence electrons. The number of nitrogen functional groups attached to an aromatic ring is 1. The molecule has 2 N–H and O–H groups in total. The Hall–Kier alpha value is -2.80. The Morgan fingerprint density at radius 1 is 1.18 bits per heavy atom. The van der Waals surface area contributed by atoms with Gasteiger partial charge in [-0.2, -0.15) is 4.98 Å². The van der Waals surface area contributed by atoms with Gasteiger partial charge in [0.2, 0.25) is 5.82 Å². The minimum Gasteiger partial charge on any atom is -0.383 e. The van der Waals surface area contributed by atoms with E-state index in [1.165, 1.54) is 0 Å². The van der Waals surface area contributed by atoms with Gasteiger partial charge in [0.15, 0.2) is 5.82 Å². The largest absolute Gasteiger partial charge is 0.383 e. The van der Waals surface area contributed by atoms with Crippen molar-refractivity contribution in [1.29, 1.82) is 0 Å². The van der Waals surface area contributed by atoms with Gasteiger partial charge in [0.25, 0.3) is 5.89 Å². The summed E-state index contributed by atoms with van der Waals surface area (Å²) in [5.41, 5.74) is 8.40. The number of benzene rings is 1. The van der Waals surface area contributed by atoms with E-state index >= 15 is 0 Å². The van der Waals surface area contributed by atoms with E-state index in [1.807, 2.05) is 31.2 Å². The van der Waals surface area contributed by atoms with Crippen molar-refractivity contribution >= 4 is 5.82 Å². The summed E-state index contributed by atoms with van der Waals surface area (Å²) in [4.78, 5) is 12.7. The van der Waals surface area contributed by atoms with Crippen molar-refractivity contribution in [2.75, 3.05) is 12.8 Å². The minimum atomic E-state index is 0.291. The molecule has 7 nitrogen and oxygen atoms in total. The van der Waals surface area contributed by atoms with Crippen molar-refractivity contribution in [2.24, 2.45) is 0 Å². The number of nitrogens with two attached hydrogens (primary N) is 1. The van der Waals surface area contributed by atoms with Crippen molar-refractivity contribution in [2.45, 2.75) is 13.5 Å². The number of ether oxygens (including phenoxy) is 1. The molecule has 0 atom stereocenters. The van der Waals surface area contributed by atoms with Gasteiger partial charge < -0.3 is 15.0 Å². The predicted octanol–water partition coefficient (Wildman–Crippen LogP) is 2.23. The van der Waals surface area contributed by atoms with Crippen LogP contribution in [0.25, 0.3) is 22.8 Å². The van der Waals surface area contributed by atoms with Crippen LogP contribution in [0.4, 0.5) is 5.82 Å². The summed E-state index contributed by atoms with van der Waals surface area (Å²) in [6, 6.07) is 7.78. The molecular formula is C15H15N5O2. The number of methoxy groups -OCH3 is 1. The van der Waals surface area contributed by atoms with Gasteiger partial charge in [-0.15, -0.1) is 0 Å². The second-order valence-corrected chi connectivity index (χ2v) is 4.76. The third-order valence-corrected chi connectivity index (χ3v) is 3.18. The lowest BCUT2D eigenvalue weighted by atomic mass is 10.1. The van der Waals surface area contributed by atoms with E-state index in [0.717, 1.165) is 11.1 Å². The van der Waals surface area contributed by atoms with E-state index < -0.39 is 0 Å². The van der Waals surface area contributed by atoms with E-state index in [9.17, 15) is 0 Å². The Labute approximate surface area is 127 Å². The van der Waals surface area contributed by atoms with Crippen LogP contribution in [0.5, 0.6) is 0 Å². The Morgan fingerprint density at radius 2 is 2.00 bits per heavy atom. The van der Waals surface area contributed by atoms with Crippen LogP contribution in [0.15, 0.2) is 35.0 Å². The lowest BCUT2D eigenvalue weighted by molar-refractivity contribution is 0.178. The van der Waals surface area contributed by atoms with Gasteiger partial charge >= 0.3 is 0 Å². The summed E-state index contributed by atoms with van der Waals surface area (Å²) in [5, 5.41) is 3.96. The van der Waals surface area contributed by atoms with Crippen molar-refractivity contribution in [1.82, 2.24) is 20.1 Å². The fourth-order valence-electron chi connectivity index (χ4n) is 2.06. The summed E-state index contributed by atoms with van der Waals surface area (Å²) >= 11 is 0. The molecule has 7 heteroatoms. The second-order valence-electron chi connectivity index (χ2n) is 4.76. The lowest BCUT2D eigenvalue weighted by Crippen LogP contribution is -2.03. The number of aromatic nitrogens is 4. The molecule has 0 radical (unpaired) electrons. The third kappa shape index (κ3) is 2.66. The molecule has 2 heterocycles. The first-order valence-electron chi connectivity index (χ1n) is 6.69. The molecule has 2 aromatic heterocycles. The molecule has 0 unspecified atom stereocenters. The van der Waals surface area contributed by atoms with Crippen LogP contribution in [-0.2, 0) is 11.3 Å². The molecule has 0 aliphatic carbocycles. The van der Waals surface area contributed by atoms with E-state index in [4.69, 9.17) is 15.0 Å². The maximum atomic E-state index is 5.93. The van der Waals surface area contributed by atoms with Crippen LogP contribution in [0.1, 0.15) is 11.4 Å². The highest BCUT2D eigenvalue weighted by atomic mass is 16.5. The van der Waals surface area contributed by atoms with Gasteiger partial charge in [-0.1, -0.05) is 23.4 Å². The Kier molecular flexibility index (Phi) is 3.80. The fraction of sp³-hybridized carbons (Fsp3) is 0.200. The molecule has 3 rings (SSSR count). The van der Waals surface area contributed by atoms with E-state index in [2.05, 4.69) is 20.1 Å². The molecule has 0 saturated carbocycles. The maximum Gasteiger partial charge on any atom is 0.258 e. The molecule has 1 aromatic carbocycles. The summed E-state index contributed by atoms with van der Waals surface area (Å²) in [5.74, 6) is 1.60. The van der Waals surface area contributed by atoms with Gasteiger partial charge in [-0.05, 0) is 18.6 Å². The van der Waals surface area contributed by atoms with Gasteiger partial charge in [0, 0.05) is 18.9 Å². The van der Waals surface area contributed by atoms with Crippen LogP contribution in [0, 0.1) is 6.92 Å². The first-order chi connectivity index (χ1) is 10.7. The van der Waals surface area contributed by atoms with Gasteiger partial charge in [-0.3, -0.25) is 0 Å². The first-order valence-corrected chi connectivity index (χ1v) is 6.69. The van der Waals surface area contributed by atoms with Gasteiger partial charge in [-0.25, -0.2) is 9.97 Å². The molecule has 0 aliphatic rings. The minimum absolute atomic E-state index is 0.291. The molecule has 0 fully saturated rings. The summed E-state index contributed by atoms with van der Waals surface area (Å²) in [6.45, 7) is 2.28. The average Bonchev–Trinajstić information content (AvgIpc) is 2.97. The number of anilines is 1. The monoisotopic (exact) mass is 297 g/mol. The first kappa shape index (κ1) is 14.2. The Bertz CT molecular complexity index is 800. The smallest absolute Gasteiger partial charge is 0.258 e. The number of hydrogen-bond donors (Lipinski definition) is 1. The van der Waals surface area contributed by atoms with Crippen molar-refractivity contribution in [3.63, 3.8) is 0 Å². The normalized spacial score (nSPS) is 10.8. The molecule has 0 spiro atoms. The van der Waals surface area contributed by atoms with Crippen LogP contribution in [0.2, 0.25) is 0 Å². The molecule has 0 aliphatic heterocycles. The van der Waals surface area contributed by atoms with Crippen LogP contribution < -0.4 is 5.73 Å². The zero-order chi connectivity index (χ0) is 15.5. The van der Waals surface area contributed by atoms with Gasteiger partial charge in [0.05, 0.1) is 5.56 Å². The quantitative estimate of drug-likeness (QED) is 0.788. The van der Waals surface area contributed by atoms with Crippen molar-refractivity contribution in [3.05, 3.63) is 41.9 Å². The average molecular weight is 297 g/mol. The SMILES string of the molecule is COCc1ncc(-c2noc(-c3ccccc3C)n2)c(N)n1. The predicted molar refractivity (Wildman–Crippen MR) is 80.6 cm³/mol. The van der Waals surface area contributed by atoms with E-state index in [-0.39, 0.29) is 0 Å². The summed E-state index contributed by atoms with van der Waals surface area (Å²) in [6.07, 6.45) is 1.57. The molecule has 22 heavy (non-hydrogen) atoms. The summed E-state index contributed by atoms with van der Waals surface area (Å²) < 4.78 is 10.3. The van der Waals surface area contributed by atoms with Crippen LogP contribution >= 0.6 is 0 Å². The molecule has 0 amide bonds. The number of rotatable bonds is 4. The van der Waals surface area contributed by atoms with Crippen molar-refractivity contribution < 1.29 is 9.26 Å². The lowest BCUT2D eigenvalue weighted by Gasteiger charge is -2.02. The Balaban J connectivity index is 1.96. The molecule has 0 bridgehead atoms. The molecule has 0 saturated heterocycles. The highest BCUT2D eigenvalue weighted by Crippen LogP contribution is 2.26. The Morgan fingerprint density at radius 3 is 2.73 bits per heavy atom. The standard InChI is InChI=1S/C15H15N5O2/c1-9-5-3-4-6-10(9)15-19-14(20-22-15)11-7-17-12(8-21-2)18-13(11)16/h3-7H,8H2,1-2H3,(H2,16,17,18). The van der Waals surface area contributed by atoms with E-state index in [0.29, 0.717) is 35.5 Å². The highest BCUT2D eigenvalue weighted by Gasteiger charge is 2.15. The number of hydrogen-bond acceptors (Lipinski definition) is 7. The van der Waals surface area contributed by atoms with E-state index in [1.54, 1.807) is 13.3 Å². The van der Waals surface area contributed by atoms with Crippen LogP contribution in [-0.4, -0.2) is 27.2 Å².